The Hall–Kier alpha value is -5.84. The number of aromatic nitrogens is 5. The minimum absolute atomic E-state index is 0. The molecule has 0 aliphatic carbocycles. The molecule has 0 aliphatic heterocycles. The Bertz CT molecular complexity index is 2980. The van der Waals surface area contributed by atoms with E-state index in [0.29, 0.717) is 11.5 Å². The topological polar surface area (TPSA) is 56.7 Å². The smallest absolute Gasteiger partial charge is 0.497 e. The predicted octanol–water partition coefficient (Wildman–Crippen LogP) is 10.6. The van der Waals surface area contributed by atoms with E-state index in [-0.39, 0.29) is 21.1 Å². The summed E-state index contributed by atoms with van der Waals surface area (Å²) in [6.45, 7) is 6.43. The molecule has 10 aromatic rings. The Morgan fingerprint density at radius 3 is 2.12 bits per heavy atom. The fourth-order valence-corrected chi connectivity index (χ4v) is 7.69. The first-order valence-electron chi connectivity index (χ1n) is 16.7. The molecule has 0 radical (unpaired) electrons. The molecular weight excluding hydrogens is 810 g/mol. The molecule has 5 heterocycles. The number of nitrogens with zero attached hydrogens (tertiary/aromatic N) is 5. The maximum absolute atomic E-state index is 6.55. The molecule has 10 rings (SSSR count). The number of imidazole rings is 2. The van der Waals surface area contributed by atoms with E-state index in [9.17, 15) is 0 Å². The van der Waals surface area contributed by atoms with Crippen molar-refractivity contribution in [3.8, 4) is 34.0 Å². The second-order valence-corrected chi connectivity index (χ2v) is 13.0. The fourth-order valence-electron chi connectivity index (χ4n) is 7.69. The van der Waals surface area contributed by atoms with Crippen LogP contribution in [-0.2, 0) is 21.1 Å². The summed E-state index contributed by atoms with van der Waals surface area (Å²) in [5, 5.41) is 4.90. The van der Waals surface area contributed by atoms with E-state index in [2.05, 4.69) is 127 Å². The quantitative estimate of drug-likeness (QED) is 0.131. The average Bonchev–Trinajstić information content (AvgIpc) is 3.78. The van der Waals surface area contributed by atoms with Crippen LogP contribution >= 0.6 is 0 Å². The van der Waals surface area contributed by atoms with Gasteiger partial charge in [0.05, 0.1) is 33.7 Å². The zero-order chi connectivity index (χ0) is 33.5. The minimum Gasteiger partial charge on any atom is -0.497 e. The van der Waals surface area contributed by atoms with Crippen molar-refractivity contribution in [3.05, 3.63) is 151 Å². The standard InChI is InChI=1S/C44H29N5O.Pt/c1-26-20-27(2)41(28(3)21-26)37-25-48-39-14-9-19-45-42(39)34-18-16-31(23-36(34)44(48)47-37)50-30-15-17-32-33-12-7-8-13-38(33)49-40(29-10-5-4-6-11-29)24-46-43(49)35(32)22-30;/h4-21,24-25H,1-3H3;/q-2;+2. The summed E-state index contributed by atoms with van der Waals surface area (Å²) < 4.78 is 10.9. The number of benzene rings is 5. The van der Waals surface area contributed by atoms with E-state index in [0.717, 1.165) is 77.3 Å². The van der Waals surface area contributed by atoms with Crippen molar-refractivity contribution in [2.24, 2.45) is 0 Å². The second-order valence-electron chi connectivity index (χ2n) is 13.0. The fraction of sp³-hybridized carbons (Fsp3) is 0.0682. The van der Waals surface area contributed by atoms with Crippen LogP contribution in [0.2, 0.25) is 0 Å². The maximum atomic E-state index is 6.55. The second kappa shape index (κ2) is 11.9. The summed E-state index contributed by atoms with van der Waals surface area (Å²) in [6.07, 6.45) is 5.89. The van der Waals surface area contributed by atoms with Crippen LogP contribution in [0.1, 0.15) is 16.7 Å². The minimum atomic E-state index is 0. The zero-order valence-corrected chi connectivity index (χ0v) is 30.3. The number of pyridine rings is 3. The van der Waals surface area contributed by atoms with Crippen molar-refractivity contribution in [3.63, 3.8) is 0 Å². The molecule has 0 spiro atoms. The SMILES string of the molecule is Cc1cc(C)c(-c2cn3c4cccnc4c4ccc(Oc5[c-]c6c(cc5)c5ccccc5n5c(-c7ccccc7)cnc65)[c-]c4c3n2)c(C)c1.[Pt+2]. The van der Waals surface area contributed by atoms with E-state index in [1.807, 2.05) is 36.7 Å². The van der Waals surface area contributed by atoms with Crippen molar-refractivity contribution in [2.45, 2.75) is 20.8 Å². The van der Waals surface area contributed by atoms with Crippen LogP contribution in [0.5, 0.6) is 11.5 Å². The summed E-state index contributed by atoms with van der Waals surface area (Å²) in [5.74, 6) is 1.15. The zero-order valence-electron chi connectivity index (χ0n) is 28.0. The number of rotatable bonds is 4. The molecule has 7 heteroatoms. The molecule has 246 valence electrons. The van der Waals surface area contributed by atoms with Gasteiger partial charge in [0.2, 0.25) is 0 Å². The van der Waals surface area contributed by atoms with Gasteiger partial charge in [-0.3, -0.25) is 15.0 Å². The summed E-state index contributed by atoms with van der Waals surface area (Å²) in [7, 11) is 0. The normalized spacial score (nSPS) is 11.7. The summed E-state index contributed by atoms with van der Waals surface area (Å²) in [4.78, 5) is 14.9. The van der Waals surface area contributed by atoms with Crippen molar-refractivity contribution in [1.82, 2.24) is 23.8 Å². The molecule has 0 bridgehead atoms. The summed E-state index contributed by atoms with van der Waals surface area (Å²) in [5.41, 5.74) is 12.5. The van der Waals surface area contributed by atoms with Crippen molar-refractivity contribution in [2.75, 3.05) is 0 Å². The van der Waals surface area contributed by atoms with Crippen LogP contribution in [-0.4, -0.2) is 23.8 Å². The van der Waals surface area contributed by atoms with Gasteiger partial charge in [-0.25, -0.2) is 0 Å². The van der Waals surface area contributed by atoms with Gasteiger partial charge in [-0.05, 0) is 61.0 Å². The monoisotopic (exact) mass is 838 g/mol. The molecule has 0 unspecified atom stereocenters. The molecule has 5 aromatic heterocycles. The first-order valence-corrected chi connectivity index (χ1v) is 16.7. The molecule has 0 saturated heterocycles. The van der Waals surface area contributed by atoms with E-state index >= 15 is 0 Å². The Kier molecular flexibility index (Phi) is 7.27. The molecule has 51 heavy (non-hydrogen) atoms. The van der Waals surface area contributed by atoms with Gasteiger partial charge in [0.1, 0.15) is 0 Å². The van der Waals surface area contributed by atoms with Gasteiger partial charge in [0.15, 0.2) is 0 Å². The Labute approximate surface area is 308 Å². The van der Waals surface area contributed by atoms with Crippen LogP contribution < -0.4 is 4.74 Å². The van der Waals surface area contributed by atoms with Crippen LogP contribution in [0, 0.1) is 32.9 Å². The van der Waals surface area contributed by atoms with Crippen molar-refractivity contribution >= 4 is 54.8 Å². The largest absolute Gasteiger partial charge is 2.00 e. The third-order valence-corrected chi connectivity index (χ3v) is 9.71. The predicted molar refractivity (Wildman–Crippen MR) is 201 cm³/mol. The average molecular weight is 839 g/mol. The number of hydrogen-bond donors (Lipinski definition) is 0. The van der Waals surface area contributed by atoms with Crippen LogP contribution in [0.3, 0.4) is 0 Å². The number of ether oxygens (including phenoxy) is 1. The number of fused-ring (bicyclic) bond motifs is 12. The first kappa shape index (κ1) is 31.2. The van der Waals surface area contributed by atoms with Crippen LogP contribution in [0.4, 0.5) is 0 Å². The number of para-hydroxylation sites is 1. The Balaban J connectivity index is 0.00000348. The first-order chi connectivity index (χ1) is 24.5. The third kappa shape index (κ3) is 4.85. The molecule has 6 nitrogen and oxygen atoms in total. The molecule has 0 N–H and O–H groups in total. The van der Waals surface area contributed by atoms with E-state index in [1.54, 1.807) is 0 Å². The van der Waals surface area contributed by atoms with E-state index in [1.165, 1.54) is 16.7 Å². The van der Waals surface area contributed by atoms with Crippen LogP contribution in [0.15, 0.2) is 122 Å². The van der Waals surface area contributed by atoms with Gasteiger partial charge in [-0.15, -0.1) is 12.1 Å². The van der Waals surface area contributed by atoms with Crippen LogP contribution in [0.25, 0.3) is 77.3 Å². The summed E-state index contributed by atoms with van der Waals surface area (Å²) in [6, 6.07) is 42.5. The molecular formula is C44H29N5OPt. The molecule has 0 aliphatic rings. The molecule has 5 aromatic carbocycles. The Morgan fingerprint density at radius 1 is 0.647 bits per heavy atom. The van der Waals surface area contributed by atoms with Gasteiger partial charge in [-0.2, -0.15) is 0 Å². The van der Waals surface area contributed by atoms with Gasteiger partial charge in [-0.1, -0.05) is 112 Å². The molecule has 0 fully saturated rings. The molecule has 0 saturated carbocycles. The van der Waals surface area contributed by atoms with Crippen molar-refractivity contribution in [1.29, 1.82) is 0 Å². The van der Waals surface area contributed by atoms with E-state index in [4.69, 9.17) is 19.7 Å². The number of aryl methyl sites for hydroxylation is 3. The maximum Gasteiger partial charge on any atom is 2.00 e. The Morgan fingerprint density at radius 2 is 1.33 bits per heavy atom. The summed E-state index contributed by atoms with van der Waals surface area (Å²) >= 11 is 0. The van der Waals surface area contributed by atoms with Crippen molar-refractivity contribution < 1.29 is 25.8 Å². The third-order valence-electron chi connectivity index (χ3n) is 9.71. The van der Waals surface area contributed by atoms with E-state index < -0.39 is 0 Å². The van der Waals surface area contributed by atoms with Gasteiger partial charge < -0.3 is 13.5 Å². The van der Waals surface area contributed by atoms with Gasteiger partial charge in [0.25, 0.3) is 0 Å². The van der Waals surface area contributed by atoms with Gasteiger partial charge >= 0.3 is 21.1 Å². The van der Waals surface area contributed by atoms with Gasteiger partial charge in [0, 0.05) is 41.2 Å². The number of hydrogen-bond acceptors (Lipinski definition) is 4. The molecule has 0 atom stereocenters. The molecule has 0 amide bonds.